The number of carbonyl (C=O) groups is 2. The molecule has 0 radical (unpaired) electrons. The number of hydrogen-bond donors (Lipinski definition) is 1. The standard InChI is InChI=1S/C22H23Cl2NO3.C13H17NO3.C9H5Cl2F3.C6H15N/c1-13-8-14(6-7-18(13)20(26)27-21(2,3)4)19-12-22(5,28-25-19)15-9-16(23)11-17(24)10-15;1-9-7-10(8-14-16)5-6-11(9)12(15)17-13(2,3)4;1-5(9(12,13)14)6-2-7(10)4-8(11)3-6;1-4-7(5-2)6-3/h6-11H,12H2,1-5H3;5-8,16H,1-4H3;2-4H,1H2;4-6H2,1-3H3/b;14-8+;;. The van der Waals surface area contributed by atoms with Crippen molar-refractivity contribution in [1.29, 1.82) is 0 Å². The predicted octanol–water partition coefficient (Wildman–Crippen LogP) is 15.0. The molecule has 0 aliphatic carbocycles. The first-order valence-electron chi connectivity index (χ1n) is 21.0. The zero-order valence-electron chi connectivity index (χ0n) is 39.5. The second kappa shape index (κ2) is 25.0. The molecule has 1 aliphatic rings. The van der Waals surface area contributed by atoms with Crippen LogP contribution in [0, 0.1) is 13.8 Å². The predicted molar refractivity (Wildman–Crippen MR) is 263 cm³/mol. The fraction of sp³-hybridized carbons (Fsp3) is 0.400. The van der Waals surface area contributed by atoms with Crippen LogP contribution in [0.2, 0.25) is 20.1 Å². The van der Waals surface area contributed by atoms with Gasteiger partial charge in [-0.15, -0.1) is 0 Å². The lowest BCUT2D eigenvalue weighted by Crippen LogP contribution is -2.24. The van der Waals surface area contributed by atoms with Crippen LogP contribution in [0.5, 0.6) is 0 Å². The molecule has 4 aromatic carbocycles. The quantitative estimate of drug-likeness (QED) is 0.0770. The van der Waals surface area contributed by atoms with Gasteiger partial charge >= 0.3 is 18.1 Å². The molecule has 1 unspecified atom stereocenters. The Kier molecular flexibility index (Phi) is 21.8. The molecule has 1 heterocycles. The molecule has 0 saturated heterocycles. The summed E-state index contributed by atoms with van der Waals surface area (Å²) in [5, 5.41) is 17.1. The number of allylic oxidation sites excluding steroid dienone is 1. The van der Waals surface area contributed by atoms with E-state index in [4.69, 9.17) is 65.9 Å². The summed E-state index contributed by atoms with van der Waals surface area (Å²) in [7, 11) is 0. The Labute approximate surface area is 407 Å². The van der Waals surface area contributed by atoms with Gasteiger partial charge in [-0.3, -0.25) is 0 Å². The Bertz CT molecular complexity index is 2320. The highest BCUT2D eigenvalue weighted by Gasteiger charge is 2.37. The highest BCUT2D eigenvalue weighted by molar-refractivity contribution is 6.35. The zero-order chi connectivity index (χ0) is 50.4. The molecule has 1 N–H and O–H groups in total. The van der Waals surface area contributed by atoms with E-state index in [1.165, 1.54) is 44.0 Å². The van der Waals surface area contributed by atoms with Crippen LogP contribution >= 0.6 is 46.4 Å². The molecule has 4 aromatic rings. The number of alkyl halides is 3. The number of aryl methyl sites for hydroxylation is 2. The average molecular weight is 998 g/mol. The Morgan fingerprint density at radius 2 is 1.21 bits per heavy atom. The molecule has 1 atom stereocenters. The molecule has 5 rings (SSSR count). The Morgan fingerprint density at radius 3 is 1.59 bits per heavy atom. The summed E-state index contributed by atoms with van der Waals surface area (Å²) < 4.78 is 47.4. The third-order valence-corrected chi connectivity index (χ3v) is 10.4. The summed E-state index contributed by atoms with van der Waals surface area (Å²) >= 11 is 23.4. The average Bonchev–Trinajstić information content (AvgIpc) is 3.60. The number of rotatable bonds is 9. The number of hydrogen-bond acceptors (Lipinski definition) is 9. The fourth-order valence-electron chi connectivity index (χ4n) is 6.07. The van der Waals surface area contributed by atoms with Crippen molar-refractivity contribution in [2.24, 2.45) is 10.3 Å². The normalized spacial score (nSPS) is 14.7. The molecule has 0 fully saturated rings. The summed E-state index contributed by atoms with van der Waals surface area (Å²) in [4.78, 5) is 32.3. The van der Waals surface area contributed by atoms with Crippen molar-refractivity contribution in [2.75, 3.05) is 19.6 Å². The zero-order valence-corrected chi connectivity index (χ0v) is 42.5. The summed E-state index contributed by atoms with van der Waals surface area (Å²) in [6.07, 6.45) is -2.59. The van der Waals surface area contributed by atoms with Crippen LogP contribution < -0.4 is 0 Å². The van der Waals surface area contributed by atoms with Gasteiger partial charge in [-0.2, -0.15) is 13.2 Å². The lowest BCUT2D eigenvalue weighted by atomic mass is 9.88. The molecule has 0 bridgehead atoms. The van der Waals surface area contributed by atoms with Gasteiger partial charge in [0.15, 0.2) is 5.60 Å². The van der Waals surface area contributed by atoms with E-state index in [9.17, 15) is 22.8 Å². The molecule has 360 valence electrons. The minimum atomic E-state index is -4.46. The molecule has 16 heteroatoms. The van der Waals surface area contributed by atoms with E-state index in [1.54, 1.807) is 30.3 Å². The van der Waals surface area contributed by atoms with Crippen LogP contribution in [0.4, 0.5) is 13.2 Å². The monoisotopic (exact) mass is 995 g/mol. The van der Waals surface area contributed by atoms with E-state index in [1.807, 2.05) is 86.6 Å². The molecule has 9 nitrogen and oxygen atoms in total. The third-order valence-electron chi connectivity index (χ3n) is 9.48. The number of nitrogens with zero attached hydrogens (tertiary/aromatic N) is 3. The largest absolute Gasteiger partial charge is 0.456 e. The number of carbonyl (C=O) groups excluding carboxylic acids is 2. The van der Waals surface area contributed by atoms with Crippen LogP contribution in [0.3, 0.4) is 0 Å². The number of oxime groups is 2. The second-order valence-corrected chi connectivity index (χ2v) is 19.0. The van der Waals surface area contributed by atoms with Gasteiger partial charge in [0, 0.05) is 32.1 Å². The second-order valence-electron chi connectivity index (χ2n) is 17.3. The molecule has 0 amide bonds. The summed E-state index contributed by atoms with van der Waals surface area (Å²) in [6, 6.07) is 19.8. The van der Waals surface area contributed by atoms with Crippen LogP contribution in [-0.4, -0.2) is 71.0 Å². The van der Waals surface area contributed by atoms with Crippen molar-refractivity contribution in [3.63, 3.8) is 0 Å². The first-order chi connectivity index (χ1) is 30.4. The van der Waals surface area contributed by atoms with Crippen molar-refractivity contribution < 1.29 is 42.3 Å². The number of benzene rings is 4. The Hall–Kier alpha value is -4.59. The van der Waals surface area contributed by atoms with Crippen LogP contribution in [0.15, 0.2) is 89.7 Å². The molecule has 1 aliphatic heterocycles. The van der Waals surface area contributed by atoms with Crippen molar-refractivity contribution in [3.8, 4) is 0 Å². The number of ether oxygens (including phenoxy) is 2. The lowest BCUT2D eigenvalue weighted by molar-refractivity contribution is -0.0686. The van der Waals surface area contributed by atoms with E-state index in [0.717, 1.165) is 33.5 Å². The van der Waals surface area contributed by atoms with Gasteiger partial charge in [0.25, 0.3) is 0 Å². The topological polar surface area (TPSA) is 110 Å². The van der Waals surface area contributed by atoms with Crippen LogP contribution in [-0.2, 0) is 19.9 Å². The SMILES string of the molecule is C=C(c1cc(Cl)cc(Cl)c1)C(F)(F)F.CCN(CC)CC.Cc1cc(/C=N/O)ccc1C(=O)OC(C)(C)C.Cc1cc(C2=NOC(C)(c3cc(Cl)cc(Cl)c3)C2)ccc1C(=O)OC(C)(C)C. The van der Waals surface area contributed by atoms with E-state index in [2.05, 4.69) is 42.6 Å². The van der Waals surface area contributed by atoms with E-state index >= 15 is 0 Å². The highest BCUT2D eigenvalue weighted by atomic mass is 35.5. The summed E-state index contributed by atoms with van der Waals surface area (Å²) in [5.74, 6) is -0.679. The number of esters is 2. The fourth-order valence-corrected chi connectivity index (χ4v) is 7.12. The van der Waals surface area contributed by atoms with Gasteiger partial charge < -0.3 is 24.4 Å². The maximum absolute atomic E-state index is 12.4. The van der Waals surface area contributed by atoms with Gasteiger partial charge in [-0.05, 0) is 170 Å². The molecule has 0 saturated carbocycles. The first-order valence-corrected chi connectivity index (χ1v) is 22.5. The Morgan fingerprint density at radius 1 is 0.773 bits per heavy atom. The van der Waals surface area contributed by atoms with Crippen molar-refractivity contribution in [1.82, 2.24) is 4.90 Å². The van der Waals surface area contributed by atoms with Gasteiger partial charge in [0.1, 0.15) is 11.2 Å². The molecule has 0 spiro atoms. The molecule has 0 aromatic heterocycles. The molecular formula is C50H60Cl4F3N3O6. The minimum Gasteiger partial charge on any atom is -0.456 e. The maximum atomic E-state index is 12.4. The van der Waals surface area contributed by atoms with Gasteiger partial charge in [-0.1, -0.05) is 96.2 Å². The van der Waals surface area contributed by atoms with Gasteiger partial charge in [0.05, 0.1) is 28.6 Å². The van der Waals surface area contributed by atoms with Crippen molar-refractivity contribution >= 4 is 75.8 Å². The van der Waals surface area contributed by atoms with Crippen LogP contribution in [0.25, 0.3) is 5.57 Å². The highest BCUT2D eigenvalue weighted by Crippen LogP contribution is 2.39. The minimum absolute atomic E-state index is 0.116. The third kappa shape index (κ3) is 19.0. The molecular weight excluding hydrogens is 937 g/mol. The van der Waals surface area contributed by atoms with E-state index in [0.29, 0.717) is 27.6 Å². The molecule has 66 heavy (non-hydrogen) atoms. The van der Waals surface area contributed by atoms with Gasteiger partial charge in [-0.25, -0.2) is 9.59 Å². The van der Waals surface area contributed by atoms with E-state index in [-0.39, 0.29) is 27.5 Å². The lowest BCUT2D eigenvalue weighted by Gasteiger charge is -2.22. The smallest absolute Gasteiger partial charge is 0.416 e. The first kappa shape index (κ1) is 57.5. The van der Waals surface area contributed by atoms with E-state index < -0.39 is 28.6 Å². The van der Waals surface area contributed by atoms with Crippen molar-refractivity contribution in [2.45, 2.75) is 112 Å². The number of halogens is 7. The Balaban J connectivity index is 0.000000337. The van der Waals surface area contributed by atoms with Crippen LogP contribution in [0.1, 0.15) is 130 Å². The maximum Gasteiger partial charge on any atom is 0.416 e. The summed E-state index contributed by atoms with van der Waals surface area (Å²) in [5.41, 5.74) is 3.23. The van der Waals surface area contributed by atoms with Gasteiger partial charge in [0.2, 0.25) is 0 Å². The van der Waals surface area contributed by atoms with Crippen molar-refractivity contribution in [3.05, 3.63) is 144 Å². The summed E-state index contributed by atoms with van der Waals surface area (Å²) in [6.45, 7) is 29.7.